The van der Waals surface area contributed by atoms with Crippen LogP contribution in [0.5, 0.6) is 0 Å². The zero-order valence-corrected chi connectivity index (χ0v) is 16.5. The van der Waals surface area contributed by atoms with Crippen LogP contribution in [0.1, 0.15) is 15.2 Å². The summed E-state index contributed by atoms with van der Waals surface area (Å²) < 4.78 is 33.0. The Balaban J connectivity index is 1.63. The molecule has 2 aromatic rings. The van der Waals surface area contributed by atoms with Gasteiger partial charge in [0.2, 0.25) is 0 Å². The van der Waals surface area contributed by atoms with Gasteiger partial charge in [0.05, 0.1) is 19.8 Å². The third-order valence-corrected chi connectivity index (χ3v) is 7.71. The Morgan fingerprint density at radius 1 is 1.16 bits per heavy atom. The lowest BCUT2D eigenvalue weighted by Gasteiger charge is -2.25. The highest BCUT2D eigenvalue weighted by Crippen LogP contribution is 2.25. The number of sulfonamides is 1. The first-order chi connectivity index (χ1) is 12.0. The maximum atomic E-state index is 12.6. The number of carbonyl (C=O) groups is 1. The summed E-state index contributed by atoms with van der Waals surface area (Å²) in [6, 6.07) is 10.4. The van der Waals surface area contributed by atoms with Gasteiger partial charge in [0.25, 0.3) is 15.9 Å². The Labute approximate surface area is 159 Å². The number of thiophene rings is 1. The number of hydrogen-bond acceptors (Lipinski definition) is 5. The summed E-state index contributed by atoms with van der Waals surface area (Å²) in [6.07, 6.45) is 0. The molecule has 3 rings (SSSR count). The van der Waals surface area contributed by atoms with Crippen LogP contribution in [0.3, 0.4) is 0 Å². The highest BCUT2D eigenvalue weighted by atomic mass is 79.9. The van der Waals surface area contributed by atoms with Crippen LogP contribution in [0.2, 0.25) is 0 Å². The number of nitrogens with one attached hydrogen (secondary N) is 1. The zero-order chi connectivity index (χ0) is 17.9. The molecule has 1 saturated heterocycles. The number of ether oxygens (including phenoxy) is 1. The Hall–Kier alpha value is -1.26. The molecule has 2 heterocycles. The predicted molar refractivity (Wildman–Crippen MR) is 99.2 cm³/mol. The second-order valence-electron chi connectivity index (χ2n) is 5.43. The molecule has 0 bridgehead atoms. The van der Waals surface area contributed by atoms with E-state index in [0.717, 1.165) is 9.35 Å². The van der Waals surface area contributed by atoms with E-state index in [2.05, 4.69) is 21.2 Å². The predicted octanol–water partition coefficient (Wildman–Crippen LogP) is 2.46. The summed E-state index contributed by atoms with van der Waals surface area (Å²) in [5.74, 6) is -0.196. The molecule has 0 aliphatic carbocycles. The number of nitrogens with zero attached hydrogens (tertiary/aromatic N) is 1. The number of rotatable bonds is 5. The number of benzene rings is 1. The minimum absolute atomic E-state index is 0.196. The van der Waals surface area contributed by atoms with Crippen molar-refractivity contribution >= 4 is 43.2 Å². The summed E-state index contributed by atoms with van der Waals surface area (Å²) in [7, 11) is -3.48. The molecular weight excluding hydrogens is 428 g/mol. The molecule has 9 heteroatoms. The number of halogens is 1. The van der Waals surface area contributed by atoms with Crippen LogP contribution in [0.4, 0.5) is 0 Å². The second-order valence-corrected chi connectivity index (χ2v) is 9.68. The average Bonchev–Trinajstić information content (AvgIpc) is 3.11. The summed E-state index contributed by atoms with van der Waals surface area (Å²) in [5.41, 5.74) is 0.556. The normalized spacial score (nSPS) is 15.9. The summed E-state index contributed by atoms with van der Waals surface area (Å²) >= 11 is 4.51. The van der Waals surface area contributed by atoms with Crippen molar-refractivity contribution in [1.82, 2.24) is 9.62 Å². The van der Waals surface area contributed by atoms with Crippen LogP contribution < -0.4 is 5.32 Å². The molecule has 0 spiro atoms. The van der Waals surface area contributed by atoms with Gasteiger partial charge >= 0.3 is 0 Å². The smallest absolute Gasteiger partial charge is 0.252 e. The largest absolute Gasteiger partial charge is 0.379 e. The molecule has 1 aromatic heterocycles. The zero-order valence-electron chi connectivity index (χ0n) is 13.3. The summed E-state index contributed by atoms with van der Waals surface area (Å²) in [6.45, 7) is 1.87. The fraction of sp³-hybridized carbons (Fsp3) is 0.312. The molecule has 0 atom stereocenters. The van der Waals surface area contributed by atoms with E-state index >= 15 is 0 Å². The number of hydrogen-bond donors (Lipinski definition) is 1. The van der Waals surface area contributed by atoms with Crippen molar-refractivity contribution in [3.63, 3.8) is 0 Å². The first kappa shape index (κ1) is 18.5. The molecule has 6 nitrogen and oxygen atoms in total. The van der Waals surface area contributed by atoms with Gasteiger partial charge in [-0.3, -0.25) is 4.79 Å². The second kappa shape index (κ2) is 7.96. The van der Waals surface area contributed by atoms with E-state index in [1.54, 1.807) is 36.4 Å². The maximum absolute atomic E-state index is 12.6. The van der Waals surface area contributed by atoms with Crippen LogP contribution in [-0.2, 0) is 21.3 Å². The topological polar surface area (TPSA) is 75.7 Å². The van der Waals surface area contributed by atoms with E-state index in [1.807, 2.05) is 0 Å². The third kappa shape index (κ3) is 4.48. The Morgan fingerprint density at radius 3 is 2.52 bits per heavy atom. The molecule has 1 aliphatic heterocycles. The number of carbonyl (C=O) groups excluding carboxylic acids is 1. The molecule has 0 saturated carbocycles. The van der Waals surface area contributed by atoms with Crippen LogP contribution in [0.25, 0.3) is 0 Å². The first-order valence-corrected chi connectivity index (χ1v) is 10.7. The van der Waals surface area contributed by atoms with Gasteiger partial charge in [0.15, 0.2) is 0 Å². The molecule has 0 unspecified atom stereocenters. The summed E-state index contributed by atoms with van der Waals surface area (Å²) in [5, 5.41) is 2.81. The lowest BCUT2D eigenvalue weighted by Crippen LogP contribution is -2.40. The van der Waals surface area contributed by atoms with Crippen molar-refractivity contribution in [3.8, 4) is 0 Å². The van der Waals surface area contributed by atoms with E-state index < -0.39 is 10.0 Å². The van der Waals surface area contributed by atoms with E-state index in [1.165, 1.54) is 15.6 Å². The molecule has 1 N–H and O–H groups in total. The molecule has 1 aliphatic rings. The van der Waals surface area contributed by atoms with Crippen molar-refractivity contribution in [2.75, 3.05) is 26.3 Å². The molecule has 1 amide bonds. The van der Waals surface area contributed by atoms with E-state index in [9.17, 15) is 13.2 Å². The molecule has 1 aromatic carbocycles. The van der Waals surface area contributed by atoms with Crippen molar-refractivity contribution in [1.29, 1.82) is 0 Å². The highest BCUT2D eigenvalue weighted by Gasteiger charge is 2.27. The van der Waals surface area contributed by atoms with Crippen LogP contribution in [-0.4, -0.2) is 44.9 Å². The van der Waals surface area contributed by atoms with Gasteiger partial charge in [-0.1, -0.05) is 15.9 Å². The summed E-state index contributed by atoms with van der Waals surface area (Å²) in [4.78, 5) is 12.9. The SMILES string of the molecule is O=C(NCc1ccc(S(=O)(=O)N2CCOCC2)s1)c1ccc(Br)cc1. The Kier molecular flexibility index (Phi) is 5.90. The lowest BCUT2D eigenvalue weighted by molar-refractivity contribution is 0.0731. The van der Waals surface area contributed by atoms with Gasteiger partial charge in [0, 0.05) is 28.0 Å². The lowest BCUT2D eigenvalue weighted by atomic mass is 10.2. The van der Waals surface area contributed by atoms with Gasteiger partial charge in [-0.15, -0.1) is 11.3 Å². The fourth-order valence-corrected chi connectivity index (χ4v) is 5.50. The quantitative estimate of drug-likeness (QED) is 0.768. The van der Waals surface area contributed by atoms with Gasteiger partial charge in [0.1, 0.15) is 4.21 Å². The fourth-order valence-electron chi connectivity index (χ4n) is 2.38. The third-order valence-electron chi connectivity index (χ3n) is 3.73. The van der Waals surface area contributed by atoms with Crippen LogP contribution in [0, 0.1) is 0 Å². The molecule has 1 fully saturated rings. The molecule has 134 valence electrons. The Morgan fingerprint density at radius 2 is 1.84 bits per heavy atom. The monoisotopic (exact) mass is 444 g/mol. The number of morpholine rings is 1. The van der Waals surface area contributed by atoms with E-state index in [4.69, 9.17) is 4.74 Å². The van der Waals surface area contributed by atoms with Gasteiger partial charge in [-0.25, -0.2) is 8.42 Å². The highest BCUT2D eigenvalue weighted by molar-refractivity contribution is 9.10. The minimum Gasteiger partial charge on any atom is -0.379 e. The first-order valence-electron chi connectivity index (χ1n) is 7.67. The van der Waals surface area contributed by atoms with E-state index in [0.29, 0.717) is 36.1 Å². The molecule has 25 heavy (non-hydrogen) atoms. The maximum Gasteiger partial charge on any atom is 0.252 e. The van der Waals surface area contributed by atoms with Crippen molar-refractivity contribution in [3.05, 3.63) is 51.3 Å². The molecular formula is C16H17BrN2O4S2. The van der Waals surface area contributed by atoms with Gasteiger partial charge in [-0.2, -0.15) is 4.31 Å². The average molecular weight is 445 g/mol. The Bertz CT molecular complexity index is 843. The van der Waals surface area contributed by atoms with Crippen molar-refractivity contribution < 1.29 is 17.9 Å². The van der Waals surface area contributed by atoms with Crippen molar-refractivity contribution in [2.45, 2.75) is 10.8 Å². The van der Waals surface area contributed by atoms with Crippen LogP contribution >= 0.6 is 27.3 Å². The van der Waals surface area contributed by atoms with Gasteiger partial charge in [-0.05, 0) is 36.4 Å². The molecule has 0 radical (unpaired) electrons. The van der Waals surface area contributed by atoms with Crippen molar-refractivity contribution in [2.24, 2.45) is 0 Å². The minimum atomic E-state index is -3.48. The van der Waals surface area contributed by atoms with Crippen LogP contribution in [0.15, 0.2) is 45.1 Å². The van der Waals surface area contributed by atoms with E-state index in [-0.39, 0.29) is 12.5 Å². The standard InChI is InChI=1S/C16H17BrN2O4S2/c17-13-3-1-12(2-4-13)16(20)18-11-14-5-6-15(24-14)25(21,22)19-7-9-23-10-8-19/h1-6H,7-11H2,(H,18,20). The number of amides is 1. The van der Waals surface area contributed by atoms with Gasteiger partial charge < -0.3 is 10.1 Å².